The first-order valence-corrected chi connectivity index (χ1v) is 6.08. The maximum Gasteiger partial charge on any atom is 0.252 e. The van der Waals surface area contributed by atoms with Crippen molar-refractivity contribution < 1.29 is 14.7 Å². The van der Waals surface area contributed by atoms with Crippen LogP contribution in [0.2, 0.25) is 0 Å². The molecule has 0 radical (unpaired) electrons. The number of carbonyl (C=O) groups is 2. The molecule has 0 unspecified atom stereocenters. The van der Waals surface area contributed by atoms with E-state index in [1.54, 1.807) is 19.1 Å². The fraction of sp³-hybridized carbons (Fsp3) is 0.429. The molecule has 0 aliphatic heterocycles. The van der Waals surface area contributed by atoms with Gasteiger partial charge in [-0.25, -0.2) is 0 Å². The summed E-state index contributed by atoms with van der Waals surface area (Å²) < 4.78 is 0. The molecule has 0 aliphatic rings. The van der Waals surface area contributed by atoms with Crippen LogP contribution in [0.25, 0.3) is 0 Å². The van der Waals surface area contributed by atoms with Crippen LogP contribution in [-0.2, 0) is 4.79 Å². The van der Waals surface area contributed by atoms with Crippen molar-refractivity contribution in [2.45, 2.75) is 33.2 Å². The number of phenols is 1. The number of carbonyl (C=O) groups excluding carboxylic acids is 2. The van der Waals surface area contributed by atoms with Gasteiger partial charge in [-0.1, -0.05) is 6.07 Å². The van der Waals surface area contributed by atoms with Gasteiger partial charge in [-0.15, -0.1) is 0 Å². The SMILES string of the molecule is Cc1c(O)cccc1C(=O)NCC(=O)NC(C)(C)C. The van der Waals surface area contributed by atoms with Crippen molar-refractivity contribution in [3.8, 4) is 5.75 Å². The lowest BCUT2D eigenvalue weighted by Crippen LogP contribution is -2.45. The highest BCUT2D eigenvalue weighted by molar-refractivity contribution is 5.98. The molecule has 19 heavy (non-hydrogen) atoms. The Labute approximate surface area is 113 Å². The normalized spacial score (nSPS) is 10.9. The van der Waals surface area contributed by atoms with Gasteiger partial charge >= 0.3 is 0 Å². The second kappa shape index (κ2) is 5.73. The van der Waals surface area contributed by atoms with Gasteiger partial charge in [0.15, 0.2) is 0 Å². The largest absolute Gasteiger partial charge is 0.508 e. The Morgan fingerprint density at radius 3 is 2.47 bits per heavy atom. The molecular formula is C14H20N2O3. The minimum Gasteiger partial charge on any atom is -0.508 e. The smallest absolute Gasteiger partial charge is 0.252 e. The number of phenolic OH excluding ortho intramolecular Hbond substituents is 1. The van der Waals surface area contributed by atoms with Crippen molar-refractivity contribution in [1.29, 1.82) is 0 Å². The Balaban J connectivity index is 2.61. The molecule has 0 bridgehead atoms. The Kier molecular flexibility index (Phi) is 4.53. The summed E-state index contributed by atoms with van der Waals surface area (Å²) in [7, 11) is 0. The van der Waals surface area contributed by atoms with Crippen LogP contribution in [0.5, 0.6) is 5.75 Å². The quantitative estimate of drug-likeness (QED) is 0.771. The van der Waals surface area contributed by atoms with E-state index >= 15 is 0 Å². The van der Waals surface area contributed by atoms with Gasteiger partial charge < -0.3 is 15.7 Å². The van der Waals surface area contributed by atoms with Gasteiger partial charge in [0.25, 0.3) is 5.91 Å². The van der Waals surface area contributed by atoms with Crippen LogP contribution < -0.4 is 10.6 Å². The van der Waals surface area contributed by atoms with E-state index in [4.69, 9.17) is 0 Å². The average molecular weight is 264 g/mol. The van der Waals surface area contributed by atoms with E-state index in [9.17, 15) is 14.7 Å². The first-order valence-electron chi connectivity index (χ1n) is 6.08. The zero-order valence-electron chi connectivity index (χ0n) is 11.7. The van der Waals surface area contributed by atoms with Crippen molar-refractivity contribution in [2.75, 3.05) is 6.54 Å². The van der Waals surface area contributed by atoms with Gasteiger partial charge in [0.05, 0.1) is 6.54 Å². The minimum atomic E-state index is -0.377. The number of nitrogens with one attached hydrogen (secondary N) is 2. The molecule has 1 rings (SSSR count). The van der Waals surface area contributed by atoms with Crippen LogP contribution >= 0.6 is 0 Å². The van der Waals surface area contributed by atoms with Crippen molar-refractivity contribution in [1.82, 2.24) is 10.6 Å². The monoisotopic (exact) mass is 264 g/mol. The molecule has 0 atom stereocenters. The molecule has 1 aromatic rings. The van der Waals surface area contributed by atoms with Crippen LogP contribution in [0.15, 0.2) is 18.2 Å². The molecule has 0 fully saturated rings. The van der Waals surface area contributed by atoms with E-state index in [-0.39, 0.29) is 29.6 Å². The fourth-order valence-corrected chi connectivity index (χ4v) is 1.59. The van der Waals surface area contributed by atoms with E-state index in [0.29, 0.717) is 11.1 Å². The summed E-state index contributed by atoms with van der Waals surface area (Å²) in [6.45, 7) is 7.16. The summed E-state index contributed by atoms with van der Waals surface area (Å²) in [6.07, 6.45) is 0. The van der Waals surface area contributed by atoms with Gasteiger partial charge in [-0.3, -0.25) is 9.59 Å². The zero-order chi connectivity index (χ0) is 14.6. The van der Waals surface area contributed by atoms with Crippen LogP contribution in [0, 0.1) is 6.92 Å². The molecule has 1 aromatic carbocycles. The molecular weight excluding hydrogens is 244 g/mol. The maximum atomic E-state index is 11.9. The summed E-state index contributed by atoms with van der Waals surface area (Å²) in [6, 6.07) is 4.71. The van der Waals surface area contributed by atoms with Gasteiger partial charge in [0.2, 0.25) is 5.91 Å². The van der Waals surface area contributed by atoms with Crippen LogP contribution in [0.4, 0.5) is 0 Å². The molecule has 0 aliphatic carbocycles. The molecule has 0 saturated heterocycles. The van der Waals surface area contributed by atoms with E-state index in [1.807, 2.05) is 20.8 Å². The van der Waals surface area contributed by atoms with Crippen molar-refractivity contribution >= 4 is 11.8 Å². The average Bonchev–Trinajstić information content (AvgIpc) is 2.27. The summed E-state index contributed by atoms with van der Waals surface area (Å²) >= 11 is 0. The predicted octanol–water partition coefficient (Wildman–Crippen LogP) is 1.35. The van der Waals surface area contributed by atoms with Crippen LogP contribution in [0.3, 0.4) is 0 Å². The minimum absolute atomic E-state index is 0.0618. The van der Waals surface area contributed by atoms with Gasteiger partial charge in [-0.05, 0) is 39.8 Å². The highest BCUT2D eigenvalue weighted by Crippen LogP contribution is 2.19. The molecule has 3 N–H and O–H groups in total. The van der Waals surface area contributed by atoms with E-state index in [2.05, 4.69) is 10.6 Å². The van der Waals surface area contributed by atoms with Crippen LogP contribution in [0.1, 0.15) is 36.7 Å². The highest BCUT2D eigenvalue weighted by atomic mass is 16.3. The number of hydrogen-bond donors (Lipinski definition) is 3. The molecule has 0 saturated carbocycles. The van der Waals surface area contributed by atoms with Crippen molar-refractivity contribution in [3.63, 3.8) is 0 Å². The first kappa shape index (κ1) is 15.0. The zero-order valence-corrected chi connectivity index (χ0v) is 11.7. The molecule has 2 amide bonds. The molecule has 5 heteroatoms. The number of benzene rings is 1. The second-order valence-corrected chi connectivity index (χ2v) is 5.43. The second-order valence-electron chi connectivity index (χ2n) is 5.43. The molecule has 0 spiro atoms. The van der Waals surface area contributed by atoms with E-state index in [0.717, 1.165) is 0 Å². The topological polar surface area (TPSA) is 78.4 Å². The van der Waals surface area contributed by atoms with Crippen molar-refractivity contribution in [2.24, 2.45) is 0 Å². The number of amides is 2. The Morgan fingerprint density at radius 2 is 1.89 bits per heavy atom. The third kappa shape index (κ3) is 4.62. The third-order valence-electron chi connectivity index (χ3n) is 2.47. The molecule has 0 aromatic heterocycles. The van der Waals surface area contributed by atoms with Gasteiger partial charge in [0, 0.05) is 16.7 Å². The van der Waals surface area contributed by atoms with Crippen LogP contribution in [-0.4, -0.2) is 29.0 Å². The number of hydrogen-bond acceptors (Lipinski definition) is 3. The standard InChI is InChI=1S/C14H20N2O3/c1-9-10(6-5-7-11(9)17)13(19)15-8-12(18)16-14(2,3)4/h5-7,17H,8H2,1-4H3,(H,15,19)(H,16,18). The van der Waals surface area contributed by atoms with Gasteiger partial charge in [-0.2, -0.15) is 0 Å². The maximum absolute atomic E-state index is 11.9. The Morgan fingerprint density at radius 1 is 1.26 bits per heavy atom. The fourth-order valence-electron chi connectivity index (χ4n) is 1.59. The lowest BCUT2D eigenvalue weighted by Gasteiger charge is -2.20. The molecule has 5 nitrogen and oxygen atoms in total. The summed E-state index contributed by atoms with van der Waals surface area (Å²) in [5.41, 5.74) is 0.530. The van der Waals surface area contributed by atoms with E-state index in [1.165, 1.54) is 6.07 Å². The Hall–Kier alpha value is -2.04. The van der Waals surface area contributed by atoms with Crippen molar-refractivity contribution in [3.05, 3.63) is 29.3 Å². The summed E-state index contributed by atoms with van der Waals surface area (Å²) in [4.78, 5) is 23.5. The lowest BCUT2D eigenvalue weighted by atomic mass is 10.1. The molecule has 0 heterocycles. The Bertz CT molecular complexity index is 490. The van der Waals surface area contributed by atoms with Gasteiger partial charge in [0.1, 0.15) is 5.75 Å². The third-order valence-corrected chi connectivity index (χ3v) is 2.47. The number of aromatic hydroxyl groups is 1. The predicted molar refractivity (Wildman–Crippen MR) is 73.1 cm³/mol. The highest BCUT2D eigenvalue weighted by Gasteiger charge is 2.16. The first-order chi connectivity index (χ1) is 8.70. The summed E-state index contributed by atoms with van der Waals surface area (Å²) in [5, 5.41) is 14.8. The number of rotatable bonds is 3. The van der Waals surface area contributed by atoms with E-state index < -0.39 is 0 Å². The lowest BCUT2D eigenvalue weighted by molar-refractivity contribution is -0.121. The summed E-state index contributed by atoms with van der Waals surface area (Å²) in [5.74, 6) is -0.567. The molecule has 104 valence electrons.